The number of nitrogens with two attached hydrogens (primary N) is 1. The Morgan fingerprint density at radius 3 is 2.70 bits per heavy atom. The fourth-order valence-corrected chi connectivity index (χ4v) is 1.89. The van der Waals surface area contributed by atoms with Gasteiger partial charge in [-0.2, -0.15) is 0 Å². The van der Waals surface area contributed by atoms with Crippen molar-refractivity contribution in [3.8, 4) is 11.5 Å². The van der Waals surface area contributed by atoms with E-state index in [0.717, 1.165) is 17.7 Å². The lowest BCUT2D eigenvalue weighted by atomic mass is 10.1. The summed E-state index contributed by atoms with van der Waals surface area (Å²) in [5.74, 6) is 2.11. The van der Waals surface area contributed by atoms with E-state index in [2.05, 4.69) is 10.3 Å². The first kappa shape index (κ1) is 13.9. The van der Waals surface area contributed by atoms with Crippen LogP contribution in [0.15, 0.2) is 36.5 Å². The highest BCUT2D eigenvalue weighted by atomic mass is 16.5. The smallest absolute Gasteiger partial charge is 0.135 e. The quantitative estimate of drug-likeness (QED) is 0.624. The molecule has 0 saturated heterocycles. The molecule has 0 bridgehead atoms. The number of nitrogen functional groups attached to an aromatic ring is 1. The molecule has 1 heterocycles. The number of pyridine rings is 1. The second-order valence-corrected chi connectivity index (χ2v) is 4.26. The van der Waals surface area contributed by atoms with Gasteiger partial charge in [0.15, 0.2) is 0 Å². The highest BCUT2D eigenvalue weighted by Gasteiger charge is 2.10. The van der Waals surface area contributed by atoms with Gasteiger partial charge in [-0.3, -0.25) is 0 Å². The predicted molar refractivity (Wildman–Crippen MR) is 79.1 cm³/mol. The van der Waals surface area contributed by atoms with E-state index in [1.807, 2.05) is 0 Å². The van der Waals surface area contributed by atoms with Gasteiger partial charge in [0.2, 0.25) is 0 Å². The van der Waals surface area contributed by atoms with Gasteiger partial charge in [-0.25, -0.2) is 4.98 Å². The zero-order valence-electron chi connectivity index (χ0n) is 11.3. The summed E-state index contributed by atoms with van der Waals surface area (Å²) < 4.78 is 5.85. The Balaban J connectivity index is 2.29. The van der Waals surface area contributed by atoms with E-state index in [0.29, 0.717) is 30.0 Å². The van der Waals surface area contributed by atoms with E-state index in [-0.39, 0.29) is 0 Å². The second-order valence-electron chi connectivity index (χ2n) is 4.26. The molecular weight excluding hydrogens is 254 g/mol. The number of benzene rings is 1. The van der Waals surface area contributed by atoms with Crippen LogP contribution in [0.5, 0.6) is 11.5 Å². The molecule has 0 aliphatic rings. The molecule has 0 radical (unpaired) electrons. The minimum Gasteiger partial charge on any atom is -0.457 e. The first-order chi connectivity index (χ1) is 9.74. The molecule has 0 unspecified atom stereocenters. The average Bonchev–Trinajstić information content (AvgIpc) is 2.48. The molecule has 20 heavy (non-hydrogen) atoms. The van der Waals surface area contributed by atoms with Crippen molar-refractivity contribution < 1.29 is 9.53 Å². The molecule has 3 N–H and O–H groups in total. The zero-order chi connectivity index (χ0) is 14.4. The molecule has 0 aliphatic heterocycles. The molecule has 0 saturated carbocycles. The summed E-state index contributed by atoms with van der Waals surface area (Å²) in [5, 5.41) is 3.01. The summed E-state index contributed by atoms with van der Waals surface area (Å²) in [4.78, 5) is 14.8. The number of carbonyl (C=O) groups excluding carboxylic acids is 1. The fraction of sp³-hybridized carbons (Fsp3) is 0.200. The molecule has 2 rings (SSSR count). The number of anilines is 2. The van der Waals surface area contributed by atoms with Gasteiger partial charge < -0.3 is 20.6 Å². The van der Waals surface area contributed by atoms with Crippen molar-refractivity contribution in [3.63, 3.8) is 0 Å². The Labute approximate surface area is 117 Å². The van der Waals surface area contributed by atoms with Crippen LogP contribution in [0.4, 0.5) is 11.5 Å². The largest absolute Gasteiger partial charge is 0.457 e. The van der Waals surface area contributed by atoms with E-state index < -0.39 is 0 Å². The molecule has 104 valence electrons. The van der Waals surface area contributed by atoms with Gasteiger partial charge in [0.1, 0.15) is 23.6 Å². The van der Waals surface area contributed by atoms with Crippen LogP contribution in [0.25, 0.3) is 0 Å². The number of hydrogen-bond donors (Lipinski definition) is 2. The van der Waals surface area contributed by atoms with Crippen LogP contribution in [0.2, 0.25) is 0 Å². The van der Waals surface area contributed by atoms with E-state index in [4.69, 9.17) is 10.5 Å². The SMILES string of the molecule is CNc1nccc(Oc2ccc(N)cc2)c1CCC=O. The van der Waals surface area contributed by atoms with Crippen molar-refractivity contribution >= 4 is 17.8 Å². The minimum atomic E-state index is 0.429. The van der Waals surface area contributed by atoms with Crippen molar-refractivity contribution in [2.75, 3.05) is 18.1 Å². The third-order valence-corrected chi connectivity index (χ3v) is 2.87. The fourth-order valence-electron chi connectivity index (χ4n) is 1.89. The Morgan fingerprint density at radius 1 is 1.30 bits per heavy atom. The monoisotopic (exact) mass is 271 g/mol. The third kappa shape index (κ3) is 3.26. The summed E-state index contributed by atoms with van der Waals surface area (Å²) in [6.45, 7) is 0. The first-order valence-corrected chi connectivity index (χ1v) is 6.37. The van der Waals surface area contributed by atoms with Gasteiger partial charge in [0.25, 0.3) is 0 Å². The highest BCUT2D eigenvalue weighted by Crippen LogP contribution is 2.30. The van der Waals surface area contributed by atoms with Crippen LogP contribution < -0.4 is 15.8 Å². The van der Waals surface area contributed by atoms with Crippen LogP contribution >= 0.6 is 0 Å². The molecule has 1 aromatic carbocycles. The lowest BCUT2D eigenvalue weighted by Gasteiger charge is -2.13. The summed E-state index contributed by atoms with van der Waals surface area (Å²) in [5.41, 5.74) is 7.22. The van der Waals surface area contributed by atoms with Gasteiger partial charge in [-0.15, -0.1) is 0 Å². The lowest BCUT2D eigenvalue weighted by Crippen LogP contribution is -2.02. The van der Waals surface area contributed by atoms with Crippen molar-refractivity contribution in [2.24, 2.45) is 0 Å². The zero-order valence-corrected chi connectivity index (χ0v) is 11.3. The molecule has 1 aromatic heterocycles. The topological polar surface area (TPSA) is 77.2 Å². The van der Waals surface area contributed by atoms with Gasteiger partial charge >= 0.3 is 0 Å². The summed E-state index contributed by atoms with van der Waals surface area (Å²) in [7, 11) is 1.79. The second kappa shape index (κ2) is 6.56. The maximum absolute atomic E-state index is 10.6. The number of carbonyl (C=O) groups is 1. The standard InChI is InChI=1S/C15H17N3O2/c1-17-15-13(3-2-10-19)14(8-9-18-15)20-12-6-4-11(16)5-7-12/h4-10H,2-3,16H2,1H3,(H,17,18). The Bertz CT molecular complexity index is 582. The number of nitrogens with zero attached hydrogens (tertiary/aromatic N) is 1. The van der Waals surface area contributed by atoms with Crippen LogP contribution in [0.1, 0.15) is 12.0 Å². The van der Waals surface area contributed by atoms with Crippen molar-refractivity contribution in [3.05, 3.63) is 42.1 Å². The van der Waals surface area contributed by atoms with Crippen LogP contribution in [0, 0.1) is 0 Å². The minimum absolute atomic E-state index is 0.429. The Morgan fingerprint density at radius 2 is 2.05 bits per heavy atom. The molecule has 5 heteroatoms. The molecule has 0 amide bonds. The number of nitrogens with one attached hydrogen (secondary N) is 1. The van der Waals surface area contributed by atoms with Crippen molar-refractivity contribution in [2.45, 2.75) is 12.8 Å². The number of aromatic nitrogens is 1. The van der Waals surface area contributed by atoms with Crippen LogP contribution in [-0.4, -0.2) is 18.3 Å². The number of aldehydes is 1. The lowest BCUT2D eigenvalue weighted by molar-refractivity contribution is -0.107. The van der Waals surface area contributed by atoms with Crippen molar-refractivity contribution in [1.82, 2.24) is 4.98 Å². The molecule has 0 spiro atoms. The average molecular weight is 271 g/mol. The van der Waals surface area contributed by atoms with E-state index >= 15 is 0 Å². The summed E-state index contributed by atoms with van der Waals surface area (Å²) in [6.07, 6.45) is 3.57. The van der Waals surface area contributed by atoms with Gasteiger partial charge in [0, 0.05) is 30.9 Å². The number of hydrogen-bond acceptors (Lipinski definition) is 5. The van der Waals surface area contributed by atoms with E-state index in [9.17, 15) is 4.79 Å². The third-order valence-electron chi connectivity index (χ3n) is 2.87. The molecule has 0 atom stereocenters. The molecular formula is C15H17N3O2. The summed E-state index contributed by atoms with van der Waals surface area (Å²) >= 11 is 0. The molecule has 2 aromatic rings. The normalized spacial score (nSPS) is 10.1. The maximum atomic E-state index is 10.6. The summed E-state index contributed by atoms with van der Waals surface area (Å²) in [6, 6.07) is 8.95. The van der Waals surface area contributed by atoms with Gasteiger partial charge in [0.05, 0.1) is 0 Å². The highest BCUT2D eigenvalue weighted by molar-refractivity contribution is 5.56. The van der Waals surface area contributed by atoms with Crippen LogP contribution in [0.3, 0.4) is 0 Å². The van der Waals surface area contributed by atoms with E-state index in [1.54, 1.807) is 43.6 Å². The Kier molecular flexibility index (Phi) is 4.55. The number of rotatable bonds is 6. The van der Waals surface area contributed by atoms with Gasteiger partial charge in [-0.1, -0.05) is 0 Å². The first-order valence-electron chi connectivity index (χ1n) is 6.37. The molecule has 5 nitrogen and oxygen atoms in total. The molecule has 0 fully saturated rings. The van der Waals surface area contributed by atoms with Crippen LogP contribution in [-0.2, 0) is 11.2 Å². The number of ether oxygens (including phenoxy) is 1. The molecule has 0 aliphatic carbocycles. The van der Waals surface area contributed by atoms with Gasteiger partial charge in [-0.05, 0) is 36.8 Å². The Hall–Kier alpha value is -2.56. The maximum Gasteiger partial charge on any atom is 0.135 e. The van der Waals surface area contributed by atoms with E-state index in [1.165, 1.54) is 0 Å². The predicted octanol–water partition coefficient (Wildman–Crippen LogP) is 2.63. The van der Waals surface area contributed by atoms with Crippen molar-refractivity contribution in [1.29, 1.82) is 0 Å².